The average Bonchev–Trinajstić information content (AvgIpc) is 4.06. The highest BCUT2D eigenvalue weighted by molar-refractivity contribution is 7.98. The van der Waals surface area contributed by atoms with Crippen LogP contribution in [0.25, 0.3) is 0 Å². The van der Waals surface area contributed by atoms with Crippen LogP contribution in [0.3, 0.4) is 0 Å². The van der Waals surface area contributed by atoms with E-state index in [1.807, 2.05) is 0 Å². The van der Waals surface area contributed by atoms with E-state index < -0.39 is 132 Å². The van der Waals surface area contributed by atoms with E-state index in [2.05, 4.69) is 37.2 Å². The van der Waals surface area contributed by atoms with Crippen molar-refractivity contribution < 1.29 is 68.1 Å². The largest absolute Gasteiger partial charge is 0.508 e. The number of hydrogen-bond acceptors (Lipinski definition) is 15. The van der Waals surface area contributed by atoms with E-state index in [0.717, 1.165) is 0 Å². The lowest BCUT2D eigenvalue weighted by Gasteiger charge is -2.32. The van der Waals surface area contributed by atoms with Gasteiger partial charge in [-0.15, -0.1) is 0 Å². The maximum atomic E-state index is 14.1. The number of thioether (sulfide) groups is 1. The number of hydrogen-bond donors (Lipinski definition) is 12. The van der Waals surface area contributed by atoms with E-state index in [-0.39, 0.29) is 57.5 Å². The van der Waals surface area contributed by atoms with Crippen LogP contribution in [0.1, 0.15) is 97.5 Å². The number of carbonyl (C=O) groups is 11. The first-order chi connectivity index (χ1) is 35.0. The molecule has 1 aromatic carbocycles. The van der Waals surface area contributed by atoms with Gasteiger partial charge in [0.15, 0.2) is 0 Å². The number of phenolic OH excluding ortho intramolecular Hbond substituents is 1. The molecule has 2 fully saturated rings. The summed E-state index contributed by atoms with van der Waals surface area (Å²) in [6.45, 7) is 6.18. The van der Waals surface area contributed by atoms with E-state index in [9.17, 15) is 63.0 Å². The number of carboxylic acids is 2. The molecule has 412 valence electrons. The lowest BCUT2D eigenvalue weighted by atomic mass is 10.0. The summed E-state index contributed by atoms with van der Waals surface area (Å²) in [5, 5.41) is 46.5. The Kier molecular flexibility index (Phi) is 25.5. The number of nitrogens with zero attached hydrogens (tertiary/aromatic N) is 2. The lowest BCUT2D eigenvalue weighted by molar-refractivity contribution is -0.152. The summed E-state index contributed by atoms with van der Waals surface area (Å²) in [5.74, 6) is -8.86. The minimum absolute atomic E-state index is 0.0513. The summed E-state index contributed by atoms with van der Waals surface area (Å²) in [5.41, 5.74) is 12.0. The van der Waals surface area contributed by atoms with Crippen molar-refractivity contribution in [1.82, 2.24) is 47.0 Å². The molecule has 0 bridgehead atoms. The number of likely N-dealkylation sites (tertiary alicyclic amines) is 2. The van der Waals surface area contributed by atoms with Crippen LogP contribution in [0.4, 0.5) is 0 Å². The maximum Gasteiger partial charge on any atom is 0.326 e. The van der Waals surface area contributed by atoms with Gasteiger partial charge in [0.1, 0.15) is 54.1 Å². The number of rotatable bonds is 30. The third-order valence-electron chi connectivity index (χ3n) is 12.7. The first kappa shape index (κ1) is 61.8. The van der Waals surface area contributed by atoms with Crippen LogP contribution >= 0.6 is 11.8 Å². The zero-order chi connectivity index (χ0) is 55.2. The molecule has 0 aromatic heterocycles. The second kappa shape index (κ2) is 30.6. The van der Waals surface area contributed by atoms with E-state index in [1.165, 1.54) is 59.7 Å². The van der Waals surface area contributed by atoms with Crippen LogP contribution in [0.2, 0.25) is 0 Å². The third kappa shape index (κ3) is 19.4. The number of carboxylic acid groups (broad SMARTS) is 2. The summed E-state index contributed by atoms with van der Waals surface area (Å²) in [6, 6.07) is -4.64. The molecule has 0 aliphatic carbocycles. The van der Waals surface area contributed by atoms with E-state index in [0.29, 0.717) is 49.8 Å². The fourth-order valence-corrected chi connectivity index (χ4v) is 8.88. The molecule has 2 heterocycles. The molecule has 3 rings (SSSR count). The molecule has 0 radical (unpaired) electrons. The van der Waals surface area contributed by atoms with Gasteiger partial charge >= 0.3 is 11.9 Å². The number of phenols is 1. The van der Waals surface area contributed by atoms with Crippen molar-refractivity contribution in [2.45, 2.75) is 153 Å². The van der Waals surface area contributed by atoms with Crippen molar-refractivity contribution in [1.29, 1.82) is 0 Å². The third-order valence-corrected chi connectivity index (χ3v) is 13.3. The van der Waals surface area contributed by atoms with Gasteiger partial charge in [-0.2, -0.15) is 11.8 Å². The van der Waals surface area contributed by atoms with Crippen molar-refractivity contribution in [2.75, 3.05) is 38.2 Å². The normalized spacial score (nSPS) is 18.1. The number of aliphatic carboxylic acids is 2. The summed E-state index contributed by atoms with van der Waals surface area (Å²) < 4.78 is 0. The van der Waals surface area contributed by atoms with E-state index >= 15 is 0 Å². The van der Waals surface area contributed by atoms with Gasteiger partial charge in [0.2, 0.25) is 53.2 Å². The molecule has 2 aliphatic heterocycles. The Morgan fingerprint density at radius 1 is 0.676 bits per heavy atom. The molecule has 0 saturated carbocycles. The summed E-state index contributed by atoms with van der Waals surface area (Å²) in [4.78, 5) is 147. The molecule has 1 aromatic rings. The number of aromatic hydroxyl groups is 1. The van der Waals surface area contributed by atoms with Gasteiger partial charge < -0.3 is 73.8 Å². The molecule has 9 amide bonds. The number of nitrogens with one attached hydrogen (secondary N) is 7. The topological polar surface area (TPSA) is 391 Å². The first-order valence-electron chi connectivity index (χ1n) is 24.9. The van der Waals surface area contributed by atoms with Crippen LogP contribution in [0, 0.1) is 5.92 Å². The minimum Gasteiger partial charge on any atom is -0.508 e. The molecule has 25 nitrogen and oxygen atoms in total. The van der Waals surface area contributed by atoms with Gasteiger partial charge in [-0.3, -0.25) is 47.9 Å². The summed E-state index contributed by atoms with van der Waals surface area (Å²) >= 11 is 1.37. The van der Waals surface area contributed by atoms with Crippen molar-refractivity contribution in [3.63, 3.8) is 0 Å². The number of unbranched alkanes of at least 4 members (excludes halogenated alkanes) is 1. The van der Waals surface area contributed by atoms with Gasteiger partial charge in [-0.1, -0.05) is 26.0 Å². The quantitative estimate of drug-likeness (QED) is 0.0364. The molecule has 26 heteroatoms. The van der Waals surface area contributed by atoms with Crippen LogP contribution in [-0.2, 0) is 59.2 Å². The second-order valence-corrected chi connectivity index (χ2v) is 19.8. The van der Waals surface area contributed by atoms with Gasteiger partial charge in [0.05, 0.1) is 12.6 Å². The summed E-state index contributed by atoms with van der Waals surface area (Å²) in [6.07, 6.45) is 3.78. The lowest BCUT2D eigenvalue weighted by Crippen LogP contribution is -2.59. The zero-order valence-electron chi connectivity index (χ0n) is 42.7. The highest BCUT2D eigenvalue weighted by atomic mass is 32.2. The van der Waals surface area contributed by atoms with Crippen molar-refractivity contribution >= 4 is 76.9 Å². The fourth-order valence-electron chi connectivity index (χ4n) is 8.41. The first-order valence-corrected chi connectivity index (χ1v) is 26.3. The van der Waals surface area contributed by atoms with E-state index in [4.69, 9.17) is 16.6 Å². The monoisotopic (exact) mass is 1060 g/mol. The van der Waals surface area contributed by atoms with Crippen molar-refractivity contribution in [2.24, 2.45) is 17.4 Å². The second-order valence-electron chi connectivity index (χ2n) is 18.8. The molecule has 14 N–H and O–H groups in total. The number of benzene rings is 1. The molecular weight excluding hydrogens is 987 g/mol. The van der Waals surface area contributed by atoms with Gasteiger partial charge in [0, 0.05) is 25.9 Å². The number of amides is 9. The SMILES string of the molecule is CSCC[C@H](NC(=O)[C@H](C)NC(=O)[C@H](CCCCN)NC(=O)CNC(=O)[C@@H](NC(=O)[C@@H](N)CCC(=O)O)C(C)C)C(=O)N[C@@H](Cc1ccc(O)cc1)C(=O)N[C@@H](C)C(=O)N1CCC[C@H]1C(=O)N1CCC[C@H]1C(=O)O. The number of nitrogens with two attached hydrogens (primary N) is 2. The van der Waals surface area contributed by atoms with Crippen LogP contribution in [0.15, 0.2) is 24.3 Å². The van der Waals surface area contributed by atoms with Crippen LogP contribution < -0.4 is 48.7 Å². The van der Waals surface area contributed by atoms with Crippen LogP contribution in [-0.4, -0.2) is 183 Å². The van der Waals surface area contributed by atoms with Gasteiger partial charge in [0.25, 0.3) is 0 Å². The predicted molar refractivity (Wildman–Crippen MR) is 270 cm³/mol. The Bertz CT molecular complexity index is 2150. The molecule has 2 saturated heterocycles. The Morgan fingerprint density at radius 3 is 1.86 bits per heavy atom. The Labute approximate surface area is 434 Å². The Morgan fingerprint density at radius 2 is 1.26 bits per heavy atom. The Hall–Kier alpha value is -6.54. The van der Waals surface area contributed by atoms with Gasteiger partial charge in [-0.05, 0) is 114 Å². The molecule has 74 heavy (non-hydrogen) atoms. The molecular formula is C48H75N11O14S. The van der Waals surface area contributed by atoms with Crippen LogP contribution in [0.5, 0.6) is 5.75 Å². The zero-order valence-corrected chi connectivity index (χ0v) is 43.5. The Balaban J connectivity index is 1.71. The summed E-state index contributed by atoms with van der Waals surface area (Å²) in [7, 11) is 0. The van der Waals surface area contributed by atoms with Crippen molar-refractivity contribution in [3.8, 4) is 5.75 Å². The van der Waals surface area contributed by atoms with Crippen molar-refractivity contribution in [3.05, 3.63) is 29.8 Å². The maximum absolute atomic E-state index is 14.1. The van der Waals surface area contributed by atoms with Gasteiger partial charge in [-0.25, -0.2) is 4.79 Å². The highest BCUT2D eigenvalue weighted by Gasteiger charge is 2.43. The molecule has 0 unspecified atom stereocenters. The molecule has 0 spiro atoms. The predicted octanol–water partition coefficient (Wildman–Crippen LogP) is -2.20. The number of carbonyl (C=O) groups excluding carboxylic acids is 9. The van der Waals surface area contributed by atoms with E-state index in [1.54, 1.807) is 20.1 Å². The average molecular weight is 1060 g/mol. The molecule has 9 atom stereocenters. The fraction of sp³-hybridized carbons (Fsp3) is 0.646. The highest BCUT2D eigenvalue weighted by Crippen LogP contribution is 2.26. The minimum atomic E-state index is -1.34. The molecule has 2 aliphatic rings. The standard InChI is InChI=1S/C48H75N11O14S/c1-26(2)39(57-41(65)31(50)17-18-38(62)63)45(69)51-25-37(61)54-32(10-6-7-20-49)42(66)52-27(3)40(64)55-33(19-23-74-5)43(67)56-34(24-29-13-15-30(60)16-14-29)44(68)53-28(4)46(70)58-21-8-11-35(58)47(71)59-22-9-12-36(59)48(72)73/h13-16,26-28,31-36,39,60H,6-12,17-25,49-50H2,1-5H3,(H,51,69)(H,52,66)(H,53,68)(H,54,61)(H,55,64)(H,56,67)(H,57,65)(H,62,63)(H,72,73)/t27-,28-,31-,32-,33-,34-,35-,36-,39-/m0/s1. The smallest absolute Gasteiger partial charge is 0.326 e.